The number of amides is 2. The molecule has 2 rings (SSSR count). The summed E-state index contributed by atoms with van der Waals surface area (Å²) < 4.78 is 3.93. The van der Waals surface area contributed by atoms with Crippen LogP contribution in [-0.4, -0.2) is 33.4 Å². The number of halogens is 1. The smallest absolute Gasteiger partial charge is 0.314 e. The van der Waals surface area contributed by atoms with E-state index < -0.39 is 0 Å². The van der Waals surface area contributed by atoms with Crippen LogP contribution >= 0.6 is 23.9 Å². The molecule has 0 bridgehead atoms. The van der Waals surface area contributed by atoms with E-state index in [0.29, 0.717) is 12.5 Å². The third-order valence-corrected chi connectivity index (χ3v) is 3.05. The zero-order valence-corrected chi connectivity index (χ0v) is 9.05. The lowest BCUT2D eigenvalue weighted by atomic mass is 10.1. The van der Waals surface area contributed by atoms with Gasteiger partial charge in [-0.3, -0.25) is 0 Å². The molecule has 5 nitrogen and oxygen atoms in total. The topological polar surface area (TPSA) is 72.1 Å². The molecule has 1 aromatic rings. The first kappa shape index (κ1) is 11.2. The first-order valence-corrected chi connectivity index (χ1v) is 4.85. The third-order valence-electron chi connectivity index (χ3n) is 2.23. The van der Waals surface area contributed by atoms with Crippen molar-refractivity contribution in [3.8, 4) is 0 Å². The fourth-order valence-electron chi connectivity index (χ4n) is 1.52. The van der Waals surface area contributed by atoms with Crippen LogP contribution in [0.5, 0.6) is 0 Å². The molecular weight excluding hydrogens is 224 g/mol. The van der Waals surface area contributed by atoms with Crippen molar-refractivity contribution in [2.24, 2.45) is 5.73 Å². The zero-order valence-electron chi connectivity index (χ0n) is 7.42. The molecule has 1 aromatic heterocycles. The lowest BCUT2D eigenvalue weighted by Gasteiger charge is -2.11. The number of nitrogens with zero attached hydrogens (tertiary/aromatic N) is 3. The number of urea groups is 1. The van der Waals surface area contributed by atoms with E-state index in [1.54, 1.807) is 11.2 Å². The van der Waals surface area contributed by atoms with Gasteiger partial charge >= 0.3 is 6.03 Å². The van der Waals surface area contributed by atoms with Gasteiger partial charge in [-0.25, -0.2) is 9.78 Å². The number of hydrogen-bond donors (Lipinski definition) is 1. The number of carbonyl (C=O) groups is 1. The van der Waals surface area contributed by atoms with Gasteiger partial charge in [0.25, 0.3) is 0 Å². The van der Waals surface area contributed by atoms with Gasteiger partial charge in [0.1, 0.15) is 11.3 Å². The SMILES string of the molecule is Cl.NC(=O)N1CCC(c2ncns2)C1. The summed E-state index contributed by atoms with van der Waals surface area (Å²) in [7, 11) is 0. The predicted octanol–water partition coefficient (Wildman–Crippen LogP) is 0.828. The molecule has 2 N–H and O–H groups in total. The van der Waals surface area contributed by atoms with Crippen LogP contribution in [0, 0.1) is 0 Å². The second-order valence-electron chi connectivity index (χ2n) is 3.05. The largest absolute Gasteiger partial charge is 0.351 e. The minimum absolute atomic E-state index is 0. The van der Waals surface area contributed by atoms with Crippen molar-refractivity contribution in [2.45, 2.75) is 12.3 Å². The Bertz CT molecular complexity index is 305. The Balaban J connectivity index is 0.000000980. The molecule has 1 aliphatic rings. The van der Waals surface area contributed by atoms with Gasteiger partial charge < -0.3 is 10.6 Å². The fraction of sp³-hybridized carbons (Fsp3) is 0.571. The Morgan fingerprint density at radius 2 is 2.50 bits per heavy atom. The molecule has 1 atom stereocenters. The van der Waals surface area contributed by atoms with E-state index in [1.165, 1.54) is 11.5 Å². The van der Waals surface area contributed by atoms with Crippen LogP contribution in [0.1, 0.15) is 17.3 Å². The van der Waals surface area contributed by atoms with E-state index in [2.05, 4.69) is 9.36 Å². The summed E-state index contributed by atoms with van der Waals surface area (Å²) in [6.45, 7) is 1.42. The van der Waals surface area contributed by atoms with Crippen molar-refractivity contribution < 1.29 is 4.79 Å². The molecule has 1 aliphatic heterocycles. The Kier molecular flexibility index (Phi) is 3.65. The fourth-order valence-corrected chi connectivity index (χ4v) is 2.16. The van der Waals surface area contributed by atoms with Gasteiger partial charge in [0.2, 0.25) is 0 Å². The molecule has 14 heavy (non-hydrogen) atoms. The van der Waals surface area contributed by atoms with E-state index in [1.807, 2.05) is 0 Å². The molecule has 0 spiro atoms. The van der Waals surface area contributed by atoms with Crippen molar-refractivity contribution in [1.82, 2.24) is 14.3 Å². The summed E-state index contributed by atoms with van der Waals surface area (Å²) in [6, 6.07) is -0.341. The van der Waals surface area contributed by atoms with Gasteiger partial charge in [-0.05, 0) is 18.0 Å². The minimum atomic E-state index is -0.341. The lowest BCUT2D eigenvalue weighted by Crippen LogP contribution is -2.33. The Labute approximate surface area is 91.9 Å². The predicted molar refractivity (Wildman–Crippen MR) is 55.7 cm³/mol. The molecule has 1 unspecified atom stereocenters. The lowest BCUT2D eigenvalue weighted by molar-refractivity contribution is 0.218. The summed E-state index contributed by atoms with van der Waals surface area (Å²) in [5, 5.41) is 1.00. The molecular formula is C7H11ClN4OS. The highest BCUT2D eigenvalue weighted by Crippen LogP contribution is 2.26. The third kappa shape index (κ3) is 2.13. The van der Waals surface area contributed by atoms with Crippen LogP contribution in [0.4, 0.5) is 4.79 Å². The van der Waals surface area contributed by atoms with Crippen LogP contribution in [0.15, 0.2) is 6.33 Å². The van der Waals surface area contributed by atoms with Gasteiger partial charge in [-0.15, -0.1) is 12.4 Å². The van der Waals surface area contributed by atoms with E-state index in [-0.39, 0.29) is 18.4 Å². The second kappa shape index (κ2) is 4.56. The van der Waals surface area contributed by atoms with Crippen molar-refractivity contribution in [1.29, 1.82) is 0 Å². The summed E-state index contributed by atoms with van der Waals surface area (Å²) in [4.78, 5) is 16.6. The minimum Gasteiger partial charge on any atom is -0.351 e. The van der Waals surface area contributed by atoms with E-state index >= 15 is 0 Å². The molecule has 2 heterocycles. The first-order valence-electron chi connectivity index (χ1n) is 4.08. The van der Waals surface area contributed by atoms with Gasteiger partial charge in [0, 0.05) is 19.0 Å². The molecule has 0 radical (unpaired) electrons. The molecule has 0 aliphatic carbocycles. The number of carbonyl (C=O) groups excluding carboxylic acids is 1. The number of hydrogen-bond acceptors (Lipinski definition) is 4. The maximum atomic E-state index is 10.8. The normalized spacial score (nSPS) is 20.6. The Morgan fingerprint density at radius 3 is 3.00 bits per heavy atom. The van der Waals surface area contributed by atoms with Crippen LogP contribution in [0.2, 0.25) is 0 Å². The molecule has 1 fully saturated rings. The number of likely N-dealkylation sites (tertiary alicyclic amines) is 1. The van der Waals surface area contributed by atoms with Crippen LogP contribution < -0.4 is 5.73 Å². The number of rotatable bonds is 1. The van der Waals surface area contributed by atoms with Crippen LogP contribution in [0.3, 0.4) is 0 Å². The summed E-state index contributed by atoms with van der Waals surface area (Å²) >= 11 is 1.39. The summed E-state index contributed by atoms with van der Waals surface area (Å²) in [6.07, 6.45) is 2.49. The van der Waals surface area contributed by atoms with Crippen molar-refractivity contribution >= 4 is 30.0 Å². The number of primary amides is 1. The van der Waals surface area contributed by atoms with E-state index in [9.17, 15) is 4.79 Å². The quantitative estimate of drug-likeness (QED) is 0.782. The van der Waals surface area contributed by atoms with Gasteiger partial charge in [0.05, 0.1) is 0 Å². The monoisotopic (exact) mass is 234 g/mol. The standard InChI is InChI=1S/C7H10N4OS.ClH/c8-7(12)11-2-1-5(3-11)6-9-4-10-13-6;/h4-5H,1-3H2,(H2,8,12);1H. The second-order valence-corrected chi connectivity index (χ2v) is 3.86. The zero-order chi connectivity index (χ0) is 9.26. The summed E-state index contributed by atoms with van der Waals surface area (Å²) in [5.74, 6) is 0.333. The average molecular weight is 235 g/mol. The van der Waals surface area contributed by atoms with Crippen molar-refractivity contribution in [3.05, 3.63) is 11.3 Å². The van der Waals surface area contributed by atoms with E-state index in [4.69, 9.17) is 5.73 Å². The Morgan fingerprint density at radius 1 is 1.71 bits per heavy atom. The Hall–Kier alpha value is -0.880. The van der Waals surface area contributed by atoms with Gasteiger partial charge in [-0.1, -0.05) is 0 Å². The molecule has 2 amide bonds. The molecule has 0 saturated carbocycles. The molecule has 1 saturated heterocycles. The van der Waals surface area contributed by atoms with E-state index in [0.717, 1.165) is 18.0 Å². The molecule has 7 heteroatoms. The number of nitrogens with two attached hydrogens (primary N) is 1. The molecule has 0 aromatic carbocycles. The maximum absolute atomic E-state index is 10.8. The van der Waals surface area contributed by atoms with Crippen molar-refractivity contribution in [3.63, 3.8) is 0 Å². The van der Waals surface area contributed by atoms with Gasteiger partial charge in [0.15, 0.2) is 0 Å². The van der Waals surface area contributed by atoms with Crippen LogP contribution in [-0.2, 0) is 0 Å². The van der Waals surface area contributed by atoms with Gasteiger partial charge in [-0.2, -0.15) is 4.37 Å². The summed E-state index contributed by atoms with van der Waals surface area (Å²) in [5.41, 5.74) is 5.17. The van der Waals surface area contributed by atoms with Crippen LogP contribution in [0.25, 0.3) is 0 Å². The highest BCUT2D eigenvalue weighted by molar-refractivity contribution is 7.05. The maximum Gasteiger partial charge on any atom is 0.314 e. The molecule has 78 valence electrons. The number of aromatic nitrogens is 2. The average Bonchev–Trinajstić information content (AvgIpc) is 2.75. The first-order chi connectivity index (χ1) is 6.27. The highest BCUT2D eigenvalue weighted by atomic mass is 35.5. The van der Waals surface area contributed by atoms with Crippen molar-refractivity contribution in [2.75, 3.05) is 13.1 Å². The highest BCUT2D eigenvalue weighted by Gasteiger charge is 2.27.